The summed E-state index contributed by atoms with van der Waals surface area (Å²) in [6, 6.07) is 3.08. The maximum atomic E-state index is 13.0. The summed E-state index contributed by atoms with van der Waals surface area (Å²) in [7, 11) is 0. The lowest BCUT2D eigenvalue weighted by molar-refractivity contribution is -0.151. The summed E-state index contributed by atoms with van der Waals surface area (Å²) >= 11 is 5.97. The van der Waals surface area contributed by atoms with Crippen LogP contribution in [0.15, 0.2) is 30.0 Å². The molecule has 4 unspecified atom stereocenters. The van der Waals surface area contributed by atoms with Gasteiger partial charge in [-0.25, -0.2) is 4.98 Å². The third kappa shape index (κ3) is 2.53. The highest BCUT2D eigenvalue weighted by Crippen LogP contribution is 2.46. The number of pyridine rings is 1. The Hall–Kier alpha value is -1.88. The summed E-state index contributed by atoms with van der Waals surface area (Å²) in [5.41, 5.74) is 1.67. The van der Waals surface area contributed by atoms with Crippen LogP contribution in [0.4, 0.5) is 5.69 Å². The number of anilines is 1. The number of rotatable bonds is 3. The van der Waals surface area contributed by atoms with E-state index in [2.05, 4.69) is 11.1 Å². The predicted octanol–water partition coefficient (Wildman–Crippen LogP) is 2.84. The standard InChI is InChI=1S/C17H19ClN2O3/c1-4-23-17(22)14-13-9(2)7-10(3)15(14)20(16(13)21)11-5-6-19-12(18)8-11/h5-9,13-15H,4H2,1-3H3. The molecule has 0 N–H and O–H groups in total. The van der Waals surface area contributed by atoms with E-state index in [0.29, 0.717) is 17.4 Å². The molecule has 2 bridgehead atoms. The molecule has 1 aliphatic carbocycles. The number of carbonyl (C=O) groups is 2. The van der Waals surface area contributed by atoms with Crippen LogP contribution in [0.2, 0.25) is 5.15 Å². The Balaban J connectivity index is 2.08. The van der Waals surface area contributed by atoms with E-state index in [1.54, 1.807) is 30.2 Å². The van der Waals surface area contributed by atoms with Gasteiger partial charge in [0, 0.05) is 11.9 Å². The van der Waals surface area contributed by atoms with Gasteiger partial charge in [-0.1, -0.05) is 30.2 Å². The molecule has 1 aromatic rings. The molecule has 6 heteroatoms. The maximum Gasteiger partial charge on any atom is 0.312 e. The molecule has 0 aromatic carbocycles. The van der Waals surface area contributed by atoms with E-state index in [1.165, 1.54) is 0 Å². The Morgan fingerprint density at radius 3 is 2.87 bits per heavy atom. The normalized spacial score (nSPS) is 29.5. The summed E-state index contributed by atoms with van der Waals surface area (Å²) in [6.07, 6.45) is 3.64. The molecular formula is C17H19ClN2O3. The highest BCUT2D eigenvalue weighted by atomic mass is 35.5. The molecular weight excluding hydrogens is 316 g/mol. The van der Waals surface area contributed by atoms with E-state index in [4.69, 9.17) is 16.3 Å². The molecule has 1 saturated heterocycles. The van der Waals surface area contributed by atoms with Crippen molar-refractivity contribution in [2.24, 2.45) is 17.8 Å². The first-order valence-electron chi connectivity index (χ1n) is 7.75. The smallest absolute Gasteiger partial charge is 0.312 e. The van der Waals surface area contributed by atoms with Crippen molar-refractivity contribution in [3.63, 3.8) is 0 Å². The van der Waals surface area contributed by atoms with Crippen LogP contribution in [0, 0.1) is 17.8 Å². The van der Waals surface area contributed by atoms with Gasteiger partial charge in [-0.3, -0.25) is 9.59 Å². The Morgan fingerprint density at radius 1 is 1.48 bits per heavy atom. The summed E-state index contributed by atoms with van der Waals surface area (Å²) < 4.78 is 5.23. The highest BCUT2D eigenvalue weighted by Gasteiger charge is 2.57. The van der Waals surface area contributed by atoms with Crippen molar-refractivity contribution in [1.82, 2.24) is 4.98 Å². The lowest BCUT2D eigenvalue weighted by Crippen LogP contribution is -2.40. The lowest BCUT2D eigenvalue weighted by Gasteiger charge is -2.31. The van der Waals surface area contributed by atoms with E-state index in [1.807, 2.05) is 13.8 Å². The maximum absolute atomic E-state index is 13.0. The molecule has 2 heterocycles. The summed E-state index contributed by atoms with van der Waals surface area (Å²) in [4.78, 5) is 31.1. The average Bonchev–Trinajstić information content (AvgIpc) is 2.76. The number of allylic oxidation sites excluding steroid dienone is 1. The lowest BCUT2D eigenvalue weighted by atomic mass is 9.74. The number of fused-ring (bicyclic) bond motifs is 2. The van der Waals surface area contributed by atoms with Gasteiger partial charge in [0.05, 0.1) is 24.5 Å². The van der Waals surface area contributed by atoms with Gasteiger partial charge in [0.2, 0.25) is 5.91 Å². The molecule has 1 amide bonds. The topological polar surface area (TPSA) is 59.5 Å². The van der Waals surface area contributed by atoms with Crippen molar-refractivity contribution in [3.8, 4) is 0 Å². The third-order valence-electron chi connectivity index (χ3n) is 4.63. The molecule has 4 atom stereocenters. The molecule has 2 aliphatic rings. The molecule has 1 aromatic heterocycles. The molecule has 0 radical (unpaired) electrons. The van der Waals surface area contributed by atoms with E-state index < -0.39 is 11.8 Å². The van der Waals surface area contributed by atoms with Crippen molar-refractivity contribution in [1.29, 1.82) is 0 Å². The predicted molar refractivity (Wildman–Crippen MR) is 87.1 cm³/mol. The van der Waals surface area contributed by atoms with Crippen LogP contribution < -0.4 is 4.90 Å². The van der Waals surface area contributed by atoms with Gasteiger partial charge < -0.3 is 9.64 Å². The highest BCUT2D eigenvalue weighted by molar-refractivity contribution is 6.29. The molecule has 23 heavy (non-hydrogen) atoms. The fourth-order valence-corrected chi connectivity index (χ4v) is 3.98. The van der Waals surface area contributed by atoms with Crippen LogP contribution in [-0.2, 0) is 14.3 Å². The minimum Gasteiger partial charge on any atom is -0.466 e. The van der Waals surface area contributed by atoms with Crippen LogP contribution in [0.1, 0.15) is 20.8 Å². The number of amides is 1. The first kappa shape index (κ1) is 16.0. The van der Waals surface area contributed by atoms with Crippen LogP contribution >= 0.6 is 11.6 Å². The Kier molecular flexibility index (Phi) is 4.15. The van der Waals surface area contributed by atoms with Crippen molar-refractivity contribution >= 4 is 29.2 Å². The van der Waals surface area contributed by atoms with Gasteiger partial charge in [0.15, 0.2) is 0 Å². The second kappa shape index (κ2) is 5.96. The monoisotopic (exact) mass is 334 g/mol. The summed E-state index contributed by atoms with van der Waals surface area (Å²) in [5, 5.41) is 0.319. The number of aromatic nitrogens is 1. The van der Waals surface area contributed by atoms with Crippen molar-refractivity contribution < 1.29 is 14.3 Å². The third-order valence-corrected chi connectivity index (χ3v) is 4.84. The van der Waals surface area contributed by atoms with E-state index >= 15 is 0 Å². The van der Waals surface area contributed by atoms with Gasteiger partial charge in [-0.2, -0.15) is 0 Å². The van der Waals surface area contributed by atoms with E-state index in [9.17, 15) is 9.59 Å². The zero-order chi connectivity index (χ0) is 16.7. The zero-order valence-electron chi connectivity index (χ0n) is 13.3. The second-order valence-corrected chi connectivity index (χ2v) is 6.45. The van der Waals surface area contributed by atoms with E-state index in [0.717, 1.165) is 5.57 Å². The zero-order valence-corrected chi connectivity index (χ0v) is 14.1. The number of hydrogen-bond donors (Lipinski definition) is 0. The first-order chi connectivity index (χ1) is 11.0. The number of halogens is 1. The Morgan fingerprint density at radius 2 is 2.22 bits per heavy atom. The number of carbonyl (C=O) groups excluding carboxylic acids is 2. The first-order valence-corrected chi connectivity index (χ1v) is 8.13. The molecule has 0 spiro atoms. The SMILES string of the molecule is CCOC(=O)C1C2C(=O)N(c3ccnc(Cl)c3)C1C(C)=CC2C. The number of nitrogens with zero attached hydrogens (tertiary/aromatic N) is 2. The molecule has 1 aliphatic heterocycles. The van der Waals surface area contributed by atoms with Crippen molar-refractivity contribution in [2.45, 2.75) is 26.8 Å². The fourth-order valence-electron chi connectivity index (χ4n) is 3.81. The minimum absolute atomic E-state index is 0.00420. The molecule has 1 fully saturated rings. The van der Waals surface area contributed by atoms with Crippen LogP contribution in [0.5, 0.6) is 0 Å². The molecule has 5 nitrogen and oxygen atoms in total. The average molecular weight is 335 g/mol. The Bertz CT molecular complexity index is 688. The van der Waals surface area contributed by atoms with Crippen LogP contribution in [-0.4, -0.2) is 29.5 Å². The fraction of sp³-hybridized carbons (Fsp3) is 0.471. The number of esters is 1. The minimum atomic E-state index is -0.477. The van der Waals surface area contributed by atoms with Crippen molar-refractivity contribution in [2.75, 3.05) is 11.5 Å². The van der Waals surface area contributed by atoms with Gasteiger partial charge in [0.25, 0.3) is 0 Å². The summed E-state index contributed by atoms with van der Waals surface area (Å²) in [5.74, 6) is -1.24. The van der Waals surface area contributed by atoms with Gasteiger partial charge in [0.1, 0.15) is 5.15 Å². The number of hydrogen-bond acceptors (Lipinski definition) is 4. The van der Waals surface area contributed by atoms with Crippen molar-refractivity contribution in [3.05, 3.63) is 35.1 Å². The van der Waals surface area contributed by atoms with Gasteiger partial charge in [-0.05, 0) is 31.9 Å². The van der Waals surface area contributed by atoms with Crippen LogP contribution in [0.3, 0.4) is 0 Å². The largest absolute Gasteiger partial charge is 0.466 e. The quantitative estimate of drug-likeness (QED) is 0.484. The van der Waals surface area contributed by atoms with Gasteiger partial charge in [-0.15, -0.1) is 0 Å². The number of ether oxygens (including phenoxy) is 1. The molecule has 122 valence electrons. The molecule has 3 rings (SSSR count). The molecule has 0 saturated carbocycles. The summed E-state index contributed by atoms with van der Waals surface area (Å²) in [6.45, 7) is 6.01. The Labute approximate surface area is 140 Å². The van der Waals surface area contributed by atoms with Crippen LogP contribution in [0.25, 0.3) is 0 Å². The van der Waals surface area contributed by atoms with Gasteiger partial charge >= 0.3 is 5.97 Å². The van der Waals surface area contributed by atoms with E-state index in [-0.39, 0.29) is 23.8 Å². The second-order valence-electron chi connectivity index (χ2n) is 6.06.